The Morgan fingerprint density at radius 2 is 1.33 bits per heavy atom. The number of thiophene rings is 2. The molecular weight excluding hydrogens is 360 g/mol. The molecule has 100 valence electrons. The molecule has 2 aromatic heterocycles. The predicted octanol–water partition coefficient (Wildman–Crippen LogP) is 7.18. The van der Waals surface area contributed by atoms with E-state index in [1.807, 2.05) is 22.7 Å². The van der Waals surface area contributed by atoms with E-state index in [4.69, 9.17) is 0 Å². The zero-order valence-electron chi connectivity index (χ0n) is 10.9. The molecule has 21 heavy (non-hydrogen) atoms. The van der Waals surface area contributed by atoms with Gasteiger partial charge in [-0.3, -0.25) is 0 Å². The van der Waals surface area contributed by atoms with E-state index in [0.29, 0.717) is 0 Å². The van der Waals surface area contributed by atoms with Crippen LogP contribution in [0.15, 0.2) is 57.7 Å². The molecule has 0 spiro atoms. The Balaban J connectivity index is 2.03. The van der Waals surface area contributed by atoms with Crippen molar-refractivity contribution < 1.29 is 0 Å². The highest BCUT2D eigenvalue weighted by Crippen LogP contribution is 2.38. The third-order valence-corrected chi connectivity index (χ3v) is 6.67. The van der Waals surface area contributed by atoms with Gasteiger partial charge in [-0.2, -0.15) is 0 Å². The molecule has 0 atom stereocenters. The molecule has 0 aliphatic heterocycles. The molecule has 0 aliphatic rings. The standard InChI is InChI=1S/C18H9BrS2/c19-16-9-13-4-3-12-7-14-11(8-15(12)18(13)21-16)2-1-10-5-6-20-17(10)14/h1-9H. The summed E-state index contributed by atoms with van der Waals surface area (Å²) in [4.78, 5) is 0. The van der Waals surface area contributed by atoms with Gasteiger partial charge in [0.2, 0.25) is 0 Å². The lowest BCUT2D eigenvalue weighted by Crippen LogP contribution is -1.77. The summed E-state index contributed by atoms with van der Waals surface area (Å²) >= 11 is 7.25. The maximum absolute atomic E-state index is 3.61. The summed E-state index contributed by atoms with van der Waals surface area (Å²) in [5.74, 6) is 0. The molecule has 0 aliphatic carbocycles. The Kier molecular flexibility index (Phi) is 2.48. The van der Waals surface area contributed by atoms with Crippen LogP contribution in [0, 0.1) is 0 Å². The summed E-state index contributed by atoms with van der Waals surface area (Å²) in [7, 11) is 0. The second kappa shape index (κ2) is 4.29. The number of rotatable bonds is 0. The topological polar surface area (TPSA) is 0 Å². The van der Waals surface area contributed by atoms with Gasteiger partial charge >= 0.3 is 0 Å². The van der Waals surface area contributed by atoms with Gasteiger partial charge in [-0.15, -0.1) is 22.7 Å². The van der Waals surface area contributed by atoms with Crippen molar-refractivity contribution in [1.82, 2.24) is 0 Å². The van der Waals surface area contributed by atoms with Crippen molar-refractivity contribution in [3.8, 4) is 0 Å². The van der Waals surface area contributed by atoms with E-state index in [2.05, 4.69) is 69.8 Å². The van der Waals surface area contributed by atoms with Gasteiger partial charge in [-0.1, -0.05) is 24.3 Å². The highest BCUT2D eigenvalue weighted by atomic mass is 79.9. The number of halogens is 1. The van der Waals surface area contributed by atoms with E-state index in [-0.39, 0.29) is 0 Å². The fourth-order valence-electron chi connectivity index (χ4n) is 3.04. The van der Waals surface area contributed by atoms with Crippen LogP contribution < -0.4 is 0 Å². The lowest BCUT2D eigenvalue weighted by molar-refractivity contribution is 1.89. The lowest BCUT2D eigenvalue weighted by atomic mass is 10.0. The first-order valence-corrected chi connectivity index (χ1v) is 9.20. The van der Waals surface area contributed by atoms with Crippen LogP contribution in [0.2, 0.25) is 0 Å². The third-order valence-electron chi connectivity index (χ3n) is 4.02. The molecule has 0 bridgehead atoms. The van der Waals surface area contributed by atoms with Crippen molar-refractivity contribution >= 4 is 80.3 Å². The minimum Gasteiger partial charge on any atom is -0.143 e. The van der Waals surface area contributed by atoms with Crippen LogP contribution >= 0.6 is 38.6 Å². The van der Waals surface area contributed by atoms with Gasteiger partial charge in [0, 0.05) is 20.2 Å². The normalized spacial score (nSPS) is 12.0. The van der Waals surface area contributed by atoms with Crippen LogP contribution in [-0.2, 0) is 0 Å². The van der Waals surface area contributed by atoms with Crippen molar-refractivity contribution in [3.63, 3.8) is 0 Å². The number of hydrogen-bond acceptors (Lipinski definition) is 2. The maximum Gasteiger partial charge on any atom is 0.0711 e. The van der Waals surface area contributed by atoms with E-state index >= 15 is 0 Å². The second-order valence-corrected chi connectivity index (χ2v) is 8.58. The molecule has 0 radical (unpaired) electrons. The largest absolute Gasteiger partial charge is 0.143 e. The molecule has 0 saturated heterocycles. The van der Waals surface area contributed by atoms with Crippen LogP contribution in [-0.4, -0.2) is 0 Å². The molecule has 0 amide bonds. The summed E-state index contributed by atoms with van der Waals surface area (Å²) in [5, 5.41) is 10.2. The van der Waals surface area contributed by atoms with Crippen molar-refractivity contribution in [3.05, 3.63) is 57.7 Å². The van der Waals surface area contributed by atoms with Crippen LogP contribution in [0.25, 0.3) is 41.7 Å². The molecule has 0 unspecified atom stereocenters. The highest BCUT2D eigenvalue weighted by Gasteiger charge is 2.08. The molecule has 5 rings (SSSR count). The first-order chi connectivity index (χ1) is 10.3. The zero-order valence-corrected chi connectivity index (χ0v) is 14.1. The molecule has 3 heteroatoms. The molecule has 0 N–H and O–H groups in total. The number of hydrogen-bond donors (Lipinski definition) is 0. The van der Waals surface area contributed by atoms with Gasteiger partial charge in [0.25, 0.3) is 0 Å². The molecule has 3 aromatic carbocycles. The fraction of sp³-hybridized carbons (Fsp3) is 0. The van der Waals surface area contributed by atoms with Crippen molar-refractivity contribution in [2.24, 2.45) is 0 Å². The van der Waals surface area contributed by atoms with Crippen LogP contribution in [0.1, 0.15) is 0 Å². The van der Waals surface area contributed by atoms with Crippen LogP contribution in [0.4, 0.5) is 0 Å². The van der Waals surface area contributed by atoms with Gasteiger partial charge in [0.15, 0.2) is 0 Å². The van der Waals surface area contributed by atoms with Gasteiger partial charge < -0.3 is 0 Å². The van der Waals surface area contributed by atoms with E-state index in [1.165, 1.54) is 45.5 Å². The Morgan fingerprint density at radius 1 is 0.667 bits per heavy atom. The average Bonchev–Trinajstić information content (AvgIpc) is 3.10. The number of fused-ring (bicyclic) bond motifs is 6. The van der Waals surface area contributed by atoms with Crippen molar-refractivity contribution in [2.45, 2.75) is 0 Å². The van der Waals surface area contributed by atoms with Crippen LogP contribution in [0.5, 0.6) is 0 Å². The smallest absolute Gasteiger partial charge is 0.0711 e. The van der Waals surface area contributed by atoms with E-state index < -0.39 is 0 Å². The van der Waals surface area contributed by atoms with Crippen molar-refractivity contribution in [1.29, 1.82) is 0 Å². The SMILES string of the molecule is Brc1cc2ccc3cc4c(ccc5ccsc54)cc3c2s1. The average molecular weight is 369 g/mol. The molecule has 0 nitrogen and oxygen atoms in total. The van der Waals surface area contributed by atoms with Gasteiger partial charge in [0.05, 0.1) is 3.79 Å². The Bertz CT molecular complexity index is 1150. The molecule has 2 heterocycles. The first kappa shape index (κ1) is 12.2. The Morgan fingerprint density at radius 3 is 2.14 bits per heavy atom. The summed E-state index contributed by atoms with van der Waals surface area (Å²) < 4.78 is 3.95. The van der Waals surface area contributed by atoms with Gasteiger partial charge in [0.1, 0.15) is 0 Å². The van der Waals surface area contributed by atoms with Crippen LogP contribution in [0.3, 0.4) is 0 Å². The third kappa shape index (κ3) is 1.71. The Hall–Kier alpha value is -1.42. The summed E-state index contributed by atoms with van der Waals surface area (Å²) in [6.07, 6.45) is 0. The molecule has 0 saturated carbocycles. The van der Waals surface area contributed by atoms with Gasteiger partial charge in [-0.25, -0.2) is 0 Å². The second-order valence-electron chi connectivity index (χ2n) is 5.23. The van der Waals surface area contributed by atoms with E-state index in [0.717, 1.165) is 0 Å². The Labute approximate surface area is 137 Å². The highest BCUT2D eigenvalue weighted by molar-refractivity contribution is 9.11. The summed E-state index contributed by atoms with van der Waals surface area (Å²) in [6.45, 7) is 0. The molecular formula is C18H9BrS2. The fourth-order valence-corrected chi connectivity index (χ4v) is 5.61. The van der Waals surface area contributed by atoms with Gasteiger partial charge in [-0.05, 0) is 67.1 Å². The lowest BCUT2D eigenvalue weighted by Gasteiger charge is -2.05. The first-order valence-electron chi connectivity index (χ1n) is 6.71. The zero-order chi connectivity index (χ0) is 14.0. The monoisotopic (exact) mass is 368 g/mol. The van der Waals surface area contributed by atoms with E-state index in [9.17, 15) is 0 Å². The molecule has 5 aromatic rings. The van der Waals surface area contributed by atoms with Crippen molar-refractivity contribution in [2.75, 3.05) is 0 Å². The van der Waals surface area contributed by atoms with E-state index in [1.54, 1.807) is 0 Å². The predicted molar refractivity (Wildman–Crippen MR) is 99.9 cm³/mol. The number of benzene rings is 3. The minimum atomic E-state index is 1.19. The minimum absolute atomic E-state index is 1.19. The summed E-state index contributed by atoms with van der Waals surface area (Å²) in [6, 6.07) is 18.0. The molecule has 0 fully saturated rings. The maximum atomic E-state index is 3.61. The quantitative estimate of drug-likeness (QED) is 0.254. The summed E-state index contributed by atoms with van der Waals surface area (Å²) in [5.41, 5.74) is 0.